The number of ether oxygens (including phenoxy) is 2. The molecule has 0 aromatic heterocycles. The third-order valence-electron chi connectivity index (χ3n) is 3.63. The number of rotatable bonds is 10. The molecule has 0 amide bonds. The van der Waals surface area contributed by atoms with Crippen molar-refractivity contribution in [2.45, 2.75) is 59.4 Å². The lowest BCUT2D eigenvalue weighted by molar-refractivity contribution is 0.267. The van der Waals surface area contributed by atoms with Crippen LogP contribution >= 0.6 is 0 Å². The molecule has 0 bridgehead atoms. The van der Waals surface area contributed by atoms with Crippen molar-refractivity contribution in [1.29, 1.82) is 0 Å². The molecule has 2 unspecified atom stereocenters. The molecule has 0 spiro atoms. The summed E-state index contributed by atoms with van der Waals surface area (Å²) in [6.07, 6.45) is 4.27. The fraction of sp³-hybridized carbons (Fsp3) is 0.667. The minimum absolute atomic E-state index is 0.0501. The van der Waals surface area contributed by atoms with Crippen LogP contribution in [0.4, 0.5) is 0 Å². The minimum Gasteiger partial charge on any atom is -0.490 e. The Kier molecular flexibility index (Phi) is 8.21. The van der Waals surface area contributed by atoms with Crippen molar-refractivity contribution < 1.29 is 9.47 Å². The minimum atomic E-state index is 0.0501. The van der Waals surface area contributed by atoms with Crippen LogP contribution in [0, 0.1) is 5.92 Å². The molecular formula is C18H31NO2. The molecule has 0 radical (unpaired) electrons. The summed E-state index contributed by atoms with van der Waals surface area (Å²) in [5.74, 6) is 2.11. The fourth-order valence-electron chi connectivity index (χ4n) is 2.35. The zero-order valence-electron chi connectivity index (χ0n) is 14.0. The average molecular weight is 293 g/mol. The van der Waals surface area contributed by atoms with Gasteiger partial charge in [-0.15, -0.1) is 0 Å². The first-order chi connectivity index (χ1) is 10.1. The molecule has 0 aliphatic rings. The van der Waals surface area contributed by atoms with Crippen molar-refractivity contribution in [3.8, 4) is 11.5 Å². The highest BCUT2D eigenvalue weighted by atomic mass is 16.5. The van der Waals surface area contributed by atoms with Crippen LogP contribution in [0.1, 0.15) is 65.0 Å². The first kappa shape index (κ1) is 17.8. The Morgan fingerprint density at radius 2 is 1.57 bits per heavy atom. The fourth-order valence-corrected chi connectivity index (χ4v) is 2.35. The van der Waals surface area contributed by atoms with Crippen molar-refractivity contribution in [2.75, 3.05) is 13.2 Å². The van der Waals surface area contributed by atoms with Gasteiger partial charge in [0.05, 0.1) is 13.2 Å². The molecule has 1 rings (SSSR count). The first-order valence-corrected chi connectivity index (χ1v) is 8.29. The molecule has 0 aliphatic carbocycles. The number of hydrogen-bond donors (Lipinski definition) is 1. The second kappa shape index (κ2) is 9.67. The summed E-state index contributed by atoms with van der Waals surface area (Å²) >= 11 is 0. The van der Waals surface area contributed by atoms with Gasteiger partial charge in [-0.3, -0.25) is 0 Å². The maximum absolute atomic E-state index is 6.38. The van der Waals surface area contributed by atoms with Gasteiger partial charge in [0.15, 0.2) is 11.5 Å². The second-order valence-corrected chi connectivity index (χ2v) is 5.69. The van der Waals surface area contributed by atoms with E-state index in [9.17, 15) is 0 Å². The Morgan fingerprint density at radius 1 is 0.952 bits per heavy atom. The predicted molar refractivity (Wildman–Crippen MR) is 89.0 cm³/mol. The van der Waals surface area contributed by atoms with Crippen LogP contribution in [0.25, 0.3) is 0 Å². The van der Waals surface area contributed by atoms with Crippen molar-refractivity contribution in [1.82, 2.24) is 0 Å². The van der Waals surface area contributed by atoms with Crippen LogP contribution in [0.3, 0.4) is 0 Å². The molecule has 0 heterocycles. The molecule has 0 saturated carbocycles. The Bertz CT molecular complexity index is 406. The van der Waals surface area contributed by atoms with E-state index in [1.165, 1.54) is 0 Å². The van der Waals surface area contributed by atoms with E-state index >= 15 is 0 Å². The van der Waals surface area contributed by atoms with Crippen LogP contribution in [0.5, 0.6) is 11.5 Å². The Hall–Kier alpha value is -1.22. The lowest BCUT2D eigenvalue weighted by Gasteiger charge is -2.21. The highest BCUT2D eigenvalue weighted by Gasteiger charge is 2.16. The van der Waals surface area contributed by atoms with Gasteiger partial charge in [-0.2, -0.15) is 0 Å². The van der Waals surface area contributed by atoms with Crippen LogP contribution < -0.4 is 15.2 Å². The summed E-state index contributed by atoms with van der Waals surface area (Å²) in [6.45, 7) is 10.0. The number of hydrogen-bond acceptors (Lipinski definition) is 3. The van der Waals surface area contributed by atoms with Gasteiger partial charge in [0.1, 0.15) is 0 Å². The molecule has 2 N–H and O–H groups in total. The molecule has 120 valence electrons. The third-order valence-corrected chi connectivity index (χ3v) is 3.63. The summed E-state index contributed by atoms with van der Waals surface area (Å²) in [7, 11) is 0. The molecule has 2 atom stereocenters. The standard InChI is InChI=1S/C18H31NO2/c1-5-8-14(4)18(19)15-9-10-16(20-11-6-2)17(13-15)21-12-7-3/h9-10,13-14,18H,5-8,11-12,19H2,1-4H3. The Labute approximate surface area is 129 Å². The van der Waals surface area contributed by atoms with Gasteiger partial charge in [0.2, 0.25) is 0 Å². The number of nitrogens with two attached hydrogens (primary N) is 1. The molecule has 3 nitrogen and oxygen atoms in total. The molecule has 0 saturated heterocycles. The van der Waals surface area contributed by atoms with E-state index < -0.39 is 0 Å². The van der Waals surface area contributed by atoms with E-state index in [0.29, 0.717) is 19.1 Å². The van der Waals surface area contributed by atoms with E-state index in [0.717, 1.165) is 42.7 Å². The van der Waals surface area contributed by atoms with Gasteiger partial charge in [-0.1, -0.05) is 40.2 Å². The van der Waals surface area contributed by atoms with Gasteiger partial charge in [0, 0.05) is 6.04 Å². The monoisotopic (exact) mass is 293 g/mol. The number of benzene rings is 1. The maximum atomic E-state index is 6.38. The smallest absolute Gasteiger partial charge is 0.161 e. The van der Waals surface area contributed by atoms with E-state index in [4.69, 9.17) is 15.2 Å². The van der Waals surface area contributed by atoms with E-state index in [2.05, 4.69) is 39.8 Å². The summed E-state index contributed by atoms with van der Waals surface area (Å²) in [4.78, 5) is 0. The third kappa shape index (κ3) is 5.58. The lowest BCUT2D eigenvalue weighted by Crippen LogP contribution is -2.19. The lowest BCUT2D eigenvalue weighted by atomic mass is 9.91. The van der Waals surface area contributed by atoms with Crippen molar-refractivity contribution in [3.05, 3.63) is 23.8 Å². The maximum Gasteiger partial charge on any atom is 0.161 e. The predicted octanol–water partition coefficient (Wildman–Crippen LogP) is 4.70. The summed E-state index contributed by atoms with van der Waals surface area (Å²) in [6, 6.07) is 6.17. The molecule has 0 aliphatic heterocycles. The Morgan fingerprint density at radius 3 is 2.14 bits per heavy atom. The highest BCUT2D eigenvalue weighted by Crippen LogP contribution is 2.33. The van der Waals surface area contributed by atoms with E-state index in [1.807, 2.05) is 6.07 Å². The molecule has 1 aromatic carbocycles. The Balaban J connectivity index is 2.91. The SMILES string of the molecule is CCCOc1ccc(C(N)C(C)CCC)cc1OCCC. The largest absolute Gasteiger partial charge is 0.490 e. The summed E-state index contributed by atoms with van der Waals surface area (Å²) < 4.78 is 11.6. The average Bonchev–Trinajstić information content (AvgIpc) is 2.50. The normalized spacial score (nSPS) is 13.8. The van der Waals surface area contributed by atoms with Gasteiger partial charge < -0.3 is 15.2 Å². The molecule has 0 fully saturated rings. The molecule has 1 aromatic rings. The van der Waals surface area contributed by atoms with E-state index in [1.54, 1.807) is 0 Å². The topological polar surface area (TPSA) is 44.5 Å². The van der Waals surface area contributed by atoms with Crippen molar-refractivity contribution in [2.24, 2.45) is 11.7 Å². The molecule has 3 heteroatoms. The quantitative estimate of drug-likeness (QED) is 0.680. The van der Waals surface area contributed by atoms with Crippen LogP contribution in [-0.2, 0) is 0 Å². The first-order valence-electron chi connectivity index (χ1n) is 8.29. The zero-order chi connectivity index (χ0) is 15.7. The van der Waals surface area contributed by atoms with Gasteiger partial charge in [0.25, 0.3) is 0 Å². The van der Waals surface area contributed by atoms with Gasteiger partial charge in [-0.25, -0.2) is 0 Å². The summed E-state index contributed by atoms with van der Waals surface area (Å²) in [5, 5.41) is 0. The second-order valence-electron chi connectivity index (χ2n) is 5.69. The zero-order valence-corrected chi connectivity index (χ0v) is 14.0. The van der Waals surface area contributed by atoms with Gasteiger partial charge >= 0.3 is 0 Å². The van der Waals surface area contributed by atoms with Gasteiger partial charge in [-0.05, 0) is 42.9 Å². The summed E-state index contributed by atoms with van der Waals surface area (Å²) in [5.41, 5.74) is 7.51. The van der Waals surface area contributed by atoms with Crippen LogP contribution in [0.2, 0.25) is 0 Å². The van der Waals surface area contributed by atoms with Crippen molar-refractivity contribution >= 4 is 0 Å². The highest BCUT2D eigenvalue weighted by molar-refractivity contribution is 5.44. The van der Waals surface area contributed by atoms with Crippen LogP contribution in [-0.4, -0.2) is 13.2 Å². The van der Waals surface area contributed by atoms with Crippen LogP contribution in [0.15, 0.2) is 18.2 Å². The molecular weight excluding hydrogens is 262 g/mol. The van der Waals surface area contributed by atoms with E-state index in [-0.39, 0.29) is 6.04 Å². The van der Waals surface area contributed by atoms with Crippen molar-refractivity contribution in [3.63, 3.8) is 0 Å². The molecule has 21 heavy (non-hydrogen) atoms.